The number of carbonyl (C=O) groups is 1. The fraction of sp³-hybridized carbons (Fsp3) is 0.562. The van der Waals surface area contributed by atoms with Gasteiger partial charge in [-0.15, -0.1) is 0 Å². The molecule has 1 aliphatic carbocycles. The van der Waals surface area contributed by atoms with Gasteiger partial charge in [0.15, 0.2) is 5.78 Å². The summed E-state index contributed by atoms with van der Waals surface area (Å²) in [7, 11) is 1.67. The third kappa shape index (κ3) is 2.58. The second-order valence-corrected chi connectivity index (χ2v) is 5.34. The number of Topliss-reactive ketones (excluding diaryl/α,β-unsaturated/α-hetero) is 1. The fourth-order valence-electron chi connectivity index (χ4n) is 2.86. The van der Waals surface area contributed by atoms with Crippen LogP contribution in [0.25, 0.3) is 0 Å². The van der Waals surface area contributed by atoms with Gasteiger partial charge in [0.2, 0.25) is 0 Å². The Bertz CT molecular complexity index is 443. The van der Waals surface area contributed by atoms with Crippen molar-refractivity contribution in [2.75, 3.05) is 7.11 Å². The molecule has 0 bridgehead atoms. The maximum absolute atomic E-state index is 12.5. The number of hydrogen-bond donors (Lipinski definition) is 0. The van der Waals surface area contributed by atoms with E-state index in [-0.39, 0.29) is 5.92 Å². The van der Waals surface area contributed by atoms with Crippen molar-refractivity contribution < 1.29 is 9.53 Å². The van der Waals surface area contributed by atoms with Crippen LogP contribution in [0, 0.1) is 19.8 Å². The van der Waals surface area contributed by atoms with Crippen LogP contribution in [-0.4, -0.2) is 12.9 Å². The zero-order valence-electron chi connectivity index (χ0n) is 11.6. The normalized spacial score (nSPS) is 16.6. The van der Waals surface area contributed by atoms with E-state index >= 15 is 0 Å². The minimum absolute atomic E-state index is 0.241. The van der Waals surface area contributed by atoms with Gasteiger partial charge >= 0.3 is 0 Å². The van der Waals surface area contributed by atoms with Crippen molar-refractivity contribution in [2.24, 2.45) is 5.92 Å². The first-order valence-electron chi connectivity index (χ1n) is 6.83. The molecule has 0 radical (unpaired) electrons. The van der Waals surface area contributed by atoms with Gasteiger partial charge in [-0.1, -0.05) is 19.3 Å². The summed E-state index contributed by atoms with van der Waals surface area (Å²) in [5.41, 5.74) is 2.97. The van der Waals surface area contributed by atoms with Gasteiger partial charge in [-0.2, -0.15) is 0 Å². The molecule has 1 saturated carbocycles. The Kier molecular flexibility index (Phi) is 4.05. The highest BCUT2D eigenvalue weighted by Crippen LogP contribution is 2.30. The predicted octanol–water partition coefficient (Wildman–Crippen LogP) is 4.08. The fourth-order valence-corrected chi connectivity index (χ4v) is 2.86. The molecule has 0 atom stereocenters. The Morgan fingerprint density at radius 1 is 1.11 bits per heavy atom. The SMILES string of the molecule is COc1cc(C)c(C(=O)C2CCCCC2)cc1C. The van der Waals surface area contributed by atoms with E-state index in [1.54, 1.807) is 7.11 Å². The lowest BCUT2D eigenvalue weighted by Gasteiger charge is -2.21. The monoisotopic (exact) mass is 246 g/mol. The van der Waals surface area contributed by atoms with E-state index in [9.17, 15) is 4.79 Å². The van der Waals surface area contributed by atoms with Crippen LogP contribution in [0.2, 0.25) is 0 Å². The van der Waals surface area contributed by atoms with Crippen LogP contribution >= 0.6 is 0 Å². The minimum atomic E-state index is 0.241. The molecule has 18 heavy (non-hydrogen) atoms. The molecule has 0 aromatic heterocycles. The molecule has 2 rings (SSSR count). The molecule has 1 fully saturated rings. The zero-order chi connectivity index (χ0) is 13.1. The van der Waals surface area contributed by atoms with Crippen LogP contribution in [-0.2, 0) is 0 Å². The molecule has 98 valence electrons. The summed E-state index contributed by atoms with van der Waals surface area (Å²) < 4.78 is 5.29. The summed E-state index contributed by atoms with van der Waals surface area (Å²) >= 11 is 0. The third-order valence-corrected chi connectivity index (χ3v) is 3.98. The quantitative estimate of drug-likeness (QED) is 0.751. The van der Waals surface area contributed by atoms with Gasteiger partial charge in [0.05, 0.1) is 7.11 Å². The molecule has 0 unspecified atom stereocenters. The van der Waals surface area contributed by atoms with Crippen LogP contribution in [0.3, 0.4) is 0 Å². The second-order valence-electron chi connectivity index (χ2n) is 5.34. The molecule has 0 saturated heterocycles. The summed E-state index contributed by atoms with van der Waals surface area (Å²) in [6, 6.07) is 3.97. The molecule has 0 spiro atoms. The van der Waals surface area contributed by atoms with Crippen LogP contribution in [0.1, 0.15) is 53.6 Å². The number of hydrogen-bond acceptors (Lipinski definition) is 2. The molecule has 0 aliphatic heterocycles. The molecule has 1 aliphatic rings. The van der Waals surface area contributed by atoms with Crippen molar-refractivity contribution >= 4 is 5.78 Å². The first-order chi connectivity index (χ1) is 8.63. The Morgan fingerprint density at radius 3 is 2.39 bits per heavy atom. The van der Waals surface area contributed by atoms with E-state index in [1.807, 2.05) is 26.0 Å². The van der Waals surface area contributed by atoms with Crippen molar-refractivity contribution in [1.82, 2.24) is 0 Å². The maximum Gasteiger partial charge on any atom is 0.166 e. The van der Waals surface area contributed by atoms with Crippen molar-refractivity contribution in [3.8, 4) is 5.75 Å². The number of benzene rings is 1. The molecule has 2 nitrogen and oxygen atoms in total. The number of rotatable bonds is 3. The molecular weight excluding hydrogens is 224 g/mol. The number of aryl methyl sites for hydroxylation is 2. The zero-order valence-corrected chi connectivity index (χ0v) is 11.6. The maximum atomic E-state index is 12.5. The van der Waals surface area contributed by atoms with E-state index in [4.69, 9.17) is 4.74 Å². The number of carbonyl (C=O) groups excluding carboxylic acids is 1. The van der Waals surface area contributed by atoms with Gasteiger partial charge in [0, 0.05) is 11.5 Å². The van der Waals surface area contributed by atoms with Gasteiger partial charge in [-0.25, -0.2) is 0 Å². The van der Waals surface area contributed by atoms with Crippen LogP contribution in [0.5, 0.6) is 5.75 Å². The first-order valence-corrected chi connectivity index (χ1v) is 6.83. The van der Waals surface area contributed by atoms with E-state index in [2.05, 4.69) is 0 Å². The Hall–Kier alpha value is -1.31. The largest absolute Gasteiger partial charge is 0.496 e. The summed E-state index contributed by atoms with van der Waals surface area (Å²) in [4.78, 5) is 12.5. The molecule has 0 heterocycles. The highest BCUT2D eigenvalue weighted by molar-refractivity contribution is 5.99. The van der Waals surface area contributed by atoms with Crippen molar-refractivity contribution in [3.05, 3.63) is 28.8 Å². The third-order valence-electron chi connectivity index (χ3n) is 3.98. The number of ketones is 1. The van der Waals surface area contributed by atoms with Crippen LogP contribution < -0.4 is 4.74 Å². The first kappa shape index (κ1) is 13.1. The summed E-state index contributed by atoms with van der Waals surface area (Å²) in [6.45, 7) is 3.99. The molecule has 1 aromatic rings. The summed E-state index contributed by atoms with van der Waals surface area (Å²) in [5.74, 6) is 1.44. The minimum Gasteiger partial charge on any atom is -0.496 e. The molecule has 2 heteroatoms. The highest BCUT2D eigenvalue weighted by Gasteiger charge is 2.24. The highest BCUT2D eigenvalue weighted by atomic mass is 16.5. The average Bonchev–Trinajstić information content (AvgIpc) is 2.41. The van der Waals surface area contributed by atoms with Crippen LogP contribution in [0.15, 0.2) is 12.1 Å². The lowest BCUT2D eigenvalue weighted by Crippen LogP contribution is -2.19. The Labute approximate surface area is 109 Å². The van der Waals surface area contributed by atoms with Crippen molar-refractivity contribution in [2.45, 2.75) is 46.0 Å². The average molecular weight is 246 g/mol. The van der Waals surface area contributed by atoms with Gasteiger partial charge in [-0.05, 0) is 49.9 Å². The van der Waals surface area contributed by atoms with Gasteiger partial charge in [0.25, 0.3) is 0 Å². The topological polar surface area (TPSA) is 26.3 Å². The van der Waals surface area contributed by atoms with E-state index in [0.29, 0.717) is 5.78 Å². The Morgan fingerprint density at radius 2 is 1.78 bits per heavy atom. The second kappa shape index (κ2) is 5.55. The van der Waals surface area contributed by atoms with E-state index < -0.39 is 0 Å². The standard InChI is InChI=1S/C16H22O2/c1-11-10-15(18-3)12(2)9-14(11)16(17)13-7-5-4-6-8-13/h9-10,13H,4-8H2,1-3H3. The lowest BCUT2D eigenvalue weighted by atomic mass is 9.82. The molecule has 1 aromatic carbocycles. The smallest absolute Gasteiger partial charge is 0.166 e. The molecule has 0 amide bonds. The number of methoxy groups -OCH3 is 1. The summed E-state index contributed by atoms with van der Waals surface area (Å²) in [6.07, 6.45) is 5.80. The van der Waals surface area contributed by atoms with E-state index in [0.717, 1.165) is 35.3 Å². The van der Waals surface area contributed by atoms with Crippen LogP contribution in [0.4, 0.5) is 0 Å². The molecule has 0 N–H and O–H groups in total. The number of ether oxygens (including phenoxy) is 1. The predicted molar refractivity (Wildman–Crippen MR) is 73.4 cm³/mol. The summed E-state index contributed by atoms with van der Waals surface area (Å²) in [5, 5.41) is 0. The Balaban J connectivity index is 2.27. The van der Waals surface area contributed by atoms with Gasteiger partial charge in [0.1, 0.15) is 5.75 Å². The van der Waals surface area contributed by atoms with Gasteiger partial charge < -0.3 is 4.74 Å². The van der Waals surface area contributed by atoms with Crippen molar-refractivity contribution in [1.29, 1.82) is 0 Å². The van der Waals surface area contributed by atoms with Gasteiger partial charge in [-0.3, -0.25) is 4.79 Å². The molecular formula is C16H22O2. The van der Waals surface area contributed by atoms with E-state index in [1.165, 1.54) is 19.3 Å². The van der Waals surface area contributed by atoms with Crippen molar-refractivity contribution in [3.63, 3.8) is 0 Å². The lowest BCUT2D eigenvalue weighted by molar-refractivity contribution is 0.0889.